The summed E-state index contributed by atoms with van der Waals surface area (Å²) >= 11 is 0. The van der Waals surface area contributed by atoms with E-state index in [9.17, 15) is 26.8 Å². The van der Waals surface area contributed by atoms with E-state index in [-0.39, 0.29) is 30.5 Å². The first-order chi connectivity index (χ1) is 16.9. The molecule has 36 heavy (non-hydrogen) atoms. The summed E-state index contributed by atoms with van der Waals surface area (Å²) in [5.74, 6) is -2.71. The number of carbonyl (C=O) groups excluding carboxylic acids is 2. The first-order valence-electron chi connectivity index (χ1n) is 11.5. The van der Waals surface area contributed by atoms with E-state index in [4.69, 9.17) is 4.74 Å². The summed E-state index contributed by atoms with van der Waals surface area (Å²) in [6.07, 6.45) is 1.13. The molecule has 0 aliphatic carbocycles. The highest BCUT2D eigenvalue weighted by Gasteiger charge is 2.32. The molecule has 2 aromatic carbocycles. The molecule has 0 fully saturated rings. The minimum absolute atomic E-state index is 0.000973. The fraction of sp³-hybridized carbons (Fsp3) is 0.440. The Bertz CT molecular complexity index is 1170. The van der Waals surface area contributed by atoms with E-state index in [2.05, 4.69) is 5.32 Å². The van der Waals surface area contributed by atoms with Crippen molar-refractivity contribution >= 4 is 27.5 Å². The molecule has 2 aromatic rings. The summed E-state index contributed by atoms with van der Waals surface area (Å²) in [4.78, 5) is 27.9. The zero-order valence-electron chi connectivity index (χ0n) is 21.1. The predicted octanol–water partition coefficient (Wildman–Crippen LogP) is 3.32. The number of ether oxygens (including phenoxy) is 1. The second-order valence-electron chi connectivity index (χ2n) is 8.80. The Kier molecular flexibility index (Phi) is 10.2. The molecule has 1 N–H and O–H groups in total. The standard InChI is InChI=1S/C25H33F2N3O5S/c1-6-23(25(32)28-14-17(2)3)29(15-18-8-7-9-20(12-18)35-4)24(31)16-30(36(5,33)34)19-10-11-21(26)22(27)13-19/h7-13,17,23H,6,14-16H2,1-5H3,(H,28,32)/t23-/m0/s1. The number of hydrogen-bond donors (Lipinski definition) is 1. The van der Waals surface area contributed by atoms with E-state index in [1.54, 1.807) is 31.2 Å². The second-order valence-corrected chi connectivity index (χ2v) is 10.7. The predicted molar refractivity (Wildman–Crippen MR) is 134 cm³/mol. The number of rotatable bonds is 12. The van der Waals surface area contributed by atoms with Crippen molar-refractivity contribution in [2.45, 2.75) is 39.8 Å². The van der Waals surface area contributed by atoms with E-state index in [1.165, 1.54) is 12.0 Å². The molecule has 0 radical (unpaired) electrons. The van der Waals surface area contributed by atoms with Gasteiger partial charge in [0.2, 0.25) is 21.8 Å². The average molecular weight is 526 g/mol. The van der Waals surface area contributed by atoms with Crippen LogP contribution >= 0.6 is 0 Å². The van der Waals surface area contributed by atoms with E-state index < -0.39 is 40.2 Å². The lowest BCUT2D eigenvalue weighted by atomic mass is 10.1. The normalized spacial score (nSPS) is 12.2. The number of carbonyl (C=O) groups is 2. The van der Waals surface area contributed by atoms with Crippen LogP contribution in [0.5, 0.6) is 5.75 Å². The van der Waals surface area contributed by atoms with Gasteiger partial charge in [-0.2, -0.15) is 0 Å². The van der Waals surface area contributed by atoms with E-state index in [0.717, 1.165) is 18.4 Å². The molecular formula is C25H33F2N3O5S. The average Bonchev–Trinajstić information content (AvgIpc) is 2.82. The van der Waals surface area contributed by atoms with Crippen molar-refractivity contribution in [1.29, 1.82) is 0 Å². The zero-order valence-corrected chi connectivity index (χ0v) is 21.9. The molecule has 198 valence electrons. The maximum atomic E-state index is 13.9. The highest BCUT2D eigenvalue weighted by atomic mass is 32.2. The number of benzene rings is 2. The summed E-state index contributed by atoms with van der Waals surface area (Å²) in [5, 5.41) is 2.83. The van der Waals surface area contributed by atoms with Crippen molar-refractivity contribution in [3.8, 4) is 5.75 Å². The van der Waals surface area contributed by atoms with Crippen LogP contribution in [0, 0.1) is 17.6 Å². The Morgan fingerprint density at radius 1 is 1.08 bits per heavy atom. The summed E-state index contributed by atoms with van der Waals surface area (Å²) < 4.78 is 58.3. The lowest BCUT2D eigenvalue weighted by molar-refractivity contribution is -0.140. The van der Waals surface area contributed by atoms with Gasteiger partial charge in [-0.15, -0.1) is 0 Å². The highest BCUT2D eigenvalue weighted by molar-refractivity contribution is 7.92. The van der Waals surface area contributed by atoms with Crippen molar-refractivity contribution in [3.05, 3.63) is 59.7 Å². The number of halogens is 2. The fourth-order valence-corrected chi connectivity index (χ4v) is 4.40. The van der Waals surface area contributed by atoms with Crippen LogP contribution in [0.15, 0.2) is 42.5 Å². The number of nitrogens with zero attached hydrogens (tertiary/aromatic N) is 2. The molecule has 0 heterocycles. The molecule has 2 rings (SSSR count). The number of amides is 2. The largest absolute Gasteiger partial charge is 0.497 e. The molecule has 0 unspecified atom stereocenters. The number of hydrogen-bond acceptors (Lipinski definition) is 5. The molecule has 0 aliphatic rings. The lowest BCUT2D eigenvalue weighted by Crippen LogP contribution is -2.52. The van der Waals surface area contributed by atoms with E-state index >= 15 is 0 Å². The van der Waals surface area contributed by atoms with Crippen molar-refractivity contribution in [2.24, 2.45) is 5.92 Å². The van der Waals surface area contributed by atoms with Crippen LogP contribution in [0.2, 0.25) is 0 Å². The quantitative estimate of drug-likeness (QED) is 0.459. The lowest BCUT2D eigenvalue weighted by Gasteiger charge is -2.33. The second kappa shape index (κ2) is 12.7. The maximum absolute atomic E-state index is 13.9. The Labute approximate surface area is 211 Å². The minimum atomic E-state index is -4.06. The zero-order chi connectivity index (χ0) is 27.0. The van der Waals surface area contributed by atoms with Crippen LogP contribution in [-0.4, -0.2) is 57.6 Å². The first kappa shape index (κ1) is 29.0. The third kappa shape index (κ3) is 7.91. The third-order valence-corrected chi connectivity index (χ3v) is 6.57. The van der Waals surface area contributed by atoms with E-state index in [0.29, 0.717) is 28.2 Å². The van der Waals surface area contributed by atoms with Crippen LogP contribution in [0.25, 0.3) is 0 Å². The van der Waals surface area contributed by atoms with Gasteiger partial charge in [0.05, 0.1) is 19.1 Å². The molecule has 1 atom stereocenters. The molecule has 0 spiro atoms. The van der Waals surface area contributed by atoms with Gasteiger partial charge in [-0.3, -0.25) is 13.9 Å². The van der Waals surface area contributed by atoms with Gasteiger partial charge >= 0.3 is 0 Å². The monoisotopic (exact) mass is 525 g/mol. The Morgan fingerprint density at radius 2 is 1.78 bits per heavy atom. The van der Waals surface area contributed by atoms with Crippen LogP contribution in [-0.2, 0) is 26.2 Å². The molecule has 0 bridgehead atoms. The Balaban J connectivity index is 2.46. The topological polar surface area (TPSA) is 96.0 Å². The smallest absolute Gasteiger partial charge is 0.244 e. The van der Waals surface area contributed by atoms with Crippen LogP contribution in [0.1, 0.15) is 32.8 Å². The van der Waals surface area contributed by atoms with Crippen molar-refractivity contribution in [2.75, 3.05) is 30.8 Å². The van der Waals surface area contributed by atoms with Gasteiger partial charge in [0.25, 0.3) is 0 Å². The number of anilines is 1. The number of methoxy groups -OCH3 is 1. The SMILES string of the molecule is CC[C@@H](C(=O)NCC(C)C)N(Cc1cccc(OC)c1)C(=O)CN(c1ccc(F)c(F)c1)S(C)(=O)=O. The van der Waals surface area contributed by atoms with E-state index in [1.807, 2.05) is 13.8 Å². The Morgan fingerprint density at radius 3 is 2.33 bits per heavy atom. The van der Waals surface area contributed by atoms with Crippen LogP contribution in [0.3, 0.4) is 0 Å². The van der Waals surface area contributed by atoms with Gasteiger partial charge < -0.3 is 15.0 Å². The number of nitrogens with one attached hydrogen (secondary N) is 1. The molecule has 0 aliphatic heterocycles. The fourth-order valence-electron chi connectivity index (χ4n) is 3.56. The molecular weight excluding hydrogens is 492 g/mol. The minimum Gasteiger partial charge on any atom is -0.497 e. The van der Waals surface area contributed by atoms with Crippen molar-refractivity contribution < 1.29 is 31.5 Å². The summed E-state index contributed by atoms with van der Waals surface area (Å²) in [6.45, 7) is 5.31. The third-order valence-electron chi connectivity index (χ3n) is 5.43. The van der Waals surface area contributed by atoms with Crippen molar-refractivity contribution in [1.82, 2.24) is 10.2 Å². The maximum Gasteiger partial charge on any atom is 0.244 e. The summed E-state index contributed by atoms with van der Waals surface area (Å²) in [5.41, 5.74) is 0.458. The van der Waals surface area contributed by atoms with Gasteiger partial charge in [-0.1, -0.05) is 32.9 Å². The molecule has 0 aromatic heterocycles. The van der Waals surface area contributed by atoms with Crippen LogP contribution in [0.4, 0.5) is 14.5 Å². The summed E-state index contributed by atoms with van der Waals surface area (Å²) in [6, 6.07) is 8.61. The molecule has 11 heteroatoms. The first-order valence-corrected chi connectivity index (χ1v) is 13.3. The molecule has 0 saturated heterocycles. The van der Waals surface area contributed by atoms with Gasteiger partial charge in [0.1, 0.15) is 18.3 Å². The molecule has 2 amide bonds. The number of sulfonamides is 1. The van der Waals surface area contributed by atoms with Gasteiger partial charge in [-0.25, -0.2) is 17.2 Å². The van der Waals surface area contributed by atoms with Gasteiger partial charge in [-0.05, 0) is 42.2 Å². The summed E-state index contributed by atoms with van der Waals surface area (Å²) in [7, 11) is -2.56. The van der Waals surface area contributed by atoms with Crippen molar-refractivity contribution in [3.63, 3.8) is 0 Å². The molecule has 0 saturated carbocycles. The van der Waals surface area contributed by atoms with Crippen LogP contribution < -0.4 is 14.4 Å². The molecule has 8 nitrogen and oxygen atoms in total. The highest BCUT2D eigenvalue weighted by Crippen LogP contribution is 2.22. The Hall–Kier alpha value is -3.21. The van der Waals surface area contributed by atoms with Gasteiger partial charge in [0, 0.05) is 19.2 Å². The van der Waals surface area contributed by atoms with Gasteiger partial charge in [0.15, 0.2) is 11.6 Å².